The topological polar surface area (TPSA) is 77.3 Å². The number of aryl methyl sites for hydroxylation is 1. The first kappa shape index (κ1) is 18.3. The maximum Gasteiger partial charge on any atom is 0.150 e. The largest absolute Gasteiger partial charge is 0.507 e. The lowest BCUT2D eigenvalue weighted by molar-refractivity contribution is 0.0928. The minimum absolute atomic E-state index is 0.0973. The van der Waals surface area contributed by atoms with Crippen LogP contribution in [0.4, 0.5) is 0 Å². The Morgan fingerprint density at radius 2 is 2.04 bits per heavy atom. The zero-order valence-electron chi connectivity index (χ0n) is 16.2. The third-order valence-corrected chi connectivity index (χ3v) is 6.34. The molecule has 1 aromatic carbocycles. The monoisotopic (exact) mass is 371 g/mol. The Morgan fingerprint density at radius 3 is 2.70 bits per heavy atom. The van der Waals surface area contributed by atoms with Gasteiger partial charge < -0.3 is 25.2 Å². The zero-order valence-corrected chi connectivity index (χ0v) is 16.2. The first-order chi connectivity index (χ1) is 13.0. The van der Waals surface area contributed by atoms with Crippen molar-refractivity contribution in [3.8, 4) is 5.75 Å². The Bertz CT molecular complexity index is 771. The van der Waals surface area contributed by atoms with Gasteiger partial charge in [0.1, 0.15) is 11.6 Å². The highest BCUT2D eigenvalue weighted by Gasteiger charge is 2.39. The second-order valence-corrected chi connectivity index (χ2v) is 8.09. The van der Waals surface area contributed by atoms with E-state index in [0.29, 0.717) is 5.41 Å². The fourth-order valence-corrected chi connectivity index (χ4v) is 4.47. The summed E-state index contributed by atoms with van der Waals surface area (Å²) in [7, 11) is 0. The average molecular weight is 371 g/mol. The van der Waals surface area contributed by atoms with Gasteiger partial charge in [0.15, 0.2) is 0 Å². The maximum absolute atomic E-state index is 10.5. The van der Waals surface area contributed by atoms with Crippen LogP contribution in [0.5, 0.6) is 5.75 Å². The molecule has 146 valence electrons. The number of aliphatic hydroxyl groups is 1. The van der Waals surface area contributed by atoms with Crippen LogP contribution in [-0.2, 0) is 4.74 Å². The number of phenolic OH excluding ortho intramolecular Hbond substituents is 1. The number of rotatable bonds is 3. The predicted octanol–water partition coefficient (Wildman–Crippen LogP) is 2.47. The van der Waals surface area contributed by atoms with Crippen molar-refractivity contribution >= 4 is 5.71 Å². The van der Waals surface area contributed by atoms with E-state index in [0.717, 1.165) is 73.9 Å². The van der Waals surface area contributed by atoms with Gasteiger partial charge in [0.25, 0.3) is 0 Å². The molecule has 0 bridgehead atoms. The Balaban J connectivity index is 1.56. The van der Waals surface area contributed by atoms with E-state index in [1.165, 1.54) is 0 Å². The van der Waals surface area contributed by atoms with Crippen LogP contribution >= 0.6 is 0 Å². The van der Waals surface area contributed by atoms with Crippen molar-refractivity contribution in [1.82, 2.24) is 10.2 Å². The van der Waals surface area contributed by atoms with E-state index >= 15 is 0 Å². The number of hydrogen-bond acceptors (Lipinski definition) is 6. The first-order valence-electron chi connectivity index (χ1n) is 9.80. The summed E-state index contributed by atoms with van der Waals surface area (Å²) >= 11 is 0. The molecule has 6 nitrogen and oxygen atoms in total. The van der Waals surface area contributed by atoms with Crippen LogP contribution in [0.3, 0.4) is 0 Å². The highest BCUT2D eigenvalue weighted by molar-refractivity contribution is 5.91. The number of nitrogens with one attached hydrogen (secondary N) is 1. The summed E-state index contributed by atoms with van der Waals surface area (Å²) in [5.41, 5.74) is 3.59. The molecule has 1 aromatic rings. The van der Waals surface area contributed by atoms with Gasteiger partial charge in [0, 0.05) is 31.0 Å². The van der Waals surface area contributed by atoms with Gasteiger partial charge in [-0.2, -0.15) is 0 Å². The van der Waals surface area contributed by atoms with Crippen LogP contribution in [-0.4, -0.2) is 53.7 Å². The number of aromatic hydroxyl groups is 1. The third-order valence-electron chi connectivity index (χ3n) is 6.34. The normalized spacial score (nSPS) is 24.9. The van der Waals surface area contributed by atoms with Crippen molar-refractivity contribution in [2.75, 3.05) is 32.9 Å². The molecule has 1 spiro atoms. The second-order valence-electron chi connectivity index (χ2n) is 8.09. The van der Waals surface area contributed by atoms with Gasteiger partial charge >= 0.3 is 0 Å². The Kier molecular flexibility index (Phi) is 4.86. The fourth-order valence-electron chi connectivity index (χ4n) is 4.47. The number of aliphatic imine (C=N–C) groups is 1. The quantitative estimate of drug-likeness (QED) is 0.761. The van der Waals surface area contributed by atoms with Crippen molar-refractivity contribution in [3.05, 3.63) is 40.8 Å². The number of para-hydroxylation sites is 1. The standard InChI is InChI=1S/C21H29N3O3/c1-14-4-3-5-16(19(14)26)18-15(2)22-20(17(12-25)23-18)24-9-6-21(7-10-24)8-11-27-13-21/h3-5,18,23,25-26H,6-13H2,1-2H3. The molecular formula is C21H29N3O3. The molecule has 2 saturated heterocycles. The molecule has 0 radical (unpaired) electrons. The van der Waals surface area contributed by atoms with Crippen LogP contribution in [0.1, 0.15) is 43.4 Å². The predicted molar refractivity (Wildman–Crippen MR) is 105 cm³/mol. The van der Waals surface area contributed by atoms with Crippen molar-refractivity contribution in [2.45, 2.75) is 39.2 Å². The number of nitrogens with zero attached hydrogens (tertiary/aromatic N) is 2. The molecule has 6 heteroatoms. The Labute approximate surface area is 160 Å². The molecule has 4 rings (SSSR count). The third kappa shape index (κ3) is 3.32. The number of phenols is 1. The van der Waals surface area contributed by atoms with E-state index in [1.54, 1.807) is 0 Å². The van der Waals surface area contributed by atoms with Gasteiger partial charge in [0.05, 0.1) is 25.0 Å². The number of aliphatic hydroxyl groups excluding tert-OH is 1. The van der Waals surface area contributed by atoms with Crippen LogP contribution in [0, 0.1) is 12.3 Å². The van der Waals surface area contributed by atoms with Crippen LogP contribution in [0.2, 0.25) is 0 Å². The highest BCUT2D eigenvalue weighted by atomic mass is 16.5. The van der Waals surface area contributed by atoms with E-state index in [9.17, 15) is 10.2 Å². The number of benzene rings is 1. The van der Waals surface area contributed by atoms with Crippen LogP contribution < -0.4 is 5.32 Å². The molecule has 0 aliphatic carbocycles. The van der Waals surface area contributed by atoms with Crippen LogP contribution in [0.25, 0.3) is 0 Å². The van der Waals surface area contributed by atoms with Gasteiger partial charge in [-0.25, -0.2) is 4.99 Å². The lowest BCUT2D eigenvalue weighted by Crippen LogP contribution is -2.43. The molecule has 3 aliphatic rings. The summed E-state index contributed by atoms with van der Waals surface area (Å²) in [6.07, 6.45) is 3.36. The number of ether oxygens (including phenoxy) is 1. The molecule has 0 aromatic heterocycles. The van der Waals surface area contributed by atoms with Gasteiger partial charge in [0.2, 0.25) is 0 Å². The SMILES string of the molecule is CC1=NC(N2CCC3(CCOC3)CC2)=C(CO)NC1c1cccc(C)c1O. The minimum Gasteiger partial charge on any atom is -0.507 e. The Hall–Kier alpha value is -2.05. The highest BCUT2D eigenvalue weighted by Crippen LogP contribution is 2.41. The average Bonchev–Trinajstić information content (AvgIpc) is 3.13. The first-order valence-corrected chi connectivity index (χ1v) is 9.80. The molecule has 1 atom stereocenters. The van der Waals surface area contributed by atoms with Gasteiger partial charge in [-0.05, 0) is 44.1 Å². The summed E-state index contributed by atoms with van der Waals surface area (Å²) in [4.78, 5) is 7.13. The van der Waals surface area contributed by atoms with E-state index in [4.69, 9.17) is 9.73 Å². The van der Waals surface area contributed by atoms with Crippen LogP contribution in [0.15, 0.2) is 34.7 Å². The molecule has 3 heterocycles. The van der Waals surface area contributed by atoms with E-state index in [1.807, 2.05) is 32.0 Å². The minimum atomic E-state index is -0.227. The van der Waals surface area contributed by atoms with E-state index in [-0.39, 0.29) is 18.4 Å². The van der Waals surface area contributed by atoms with Gasteiger partial charge in [-0.3, -0.25) is 0 Å². The van der Waals surface area contributed by atoms with E-state index in [2.05, 4.69) is 10.2 Å². The summed E-state index contributed by atoms with van der Waals surface area (Å²) in [6.45, 7) is 7.39. The molecule has 0 saturated carbocycles. The summed E-state index contributed by atoms with van der Waals surface area (Å²) in [6, 6.07) is 5.50. The van der Waals surface area contributed by atoms with E-state index < -0.39 is 0 Å². The number of piperidine rings is 1. The molecule has 2 fully saturated rings. The summed E-state index contributed by atoms with van der Waals surface area (Å²) in [5, 5.41) is 23.9. The maximum atomic E-state index is 10.5. The smallest absolute Gasteiger partial charge is 0.150 e. The van der Waals surface area contributed by atoms with Crippen molar-refractivity contribution in [1.29, 1.82) is 0 Å². The van der Waals surface area contributed by atoms with Crippen molar-refractivity contribution < 1.29 is 14.9 Å². The molecule has 0 amide bonds. The molecule has 3 N–H and O–H groups in total. The molecule has 27 heavy (non-hydrogen) atoms. The molecule has 3 aliphatic heterocycles. The number of likely N-dealkylation sites (tertiary alicyclic amines) is 1. The molecule has 1 unspecified atom stereocenters. The second kappa shape index (κ2) is 7.17. The van der Waals surface area contributed by atoms with Gasteiger partial charge in [-0.1, -0.05) is 18.2 Å². The zero-order chi connectivity index (χ0) is 19.0. The Morgan fingerprint density at radius 1 is 1.26 bits per heavy atom. The van der Waals surface area contributed by atoms with Gasteiger partial charge in [-0.15, -0.1) is 0 Å². The lowest BCUT2D eigenvalue weighted by atomic mass is 9.78. The molecular weight excluding hydrogens is 342 g/mol. The van der Waals surface area contributed by atoms with Crippen molar-refractivity contribution in [3.63, 3.8) is 0 Å². The summed E-state index contributed by atoms with van der Waals surface area (Å²) in [5.74, 6) is 1.12. The van der Waals surface area contributed by atoms with Crippen molar-refractivity contribution in [2.24, 2.45) is 10.4 Å². The summed E-state index contributed by atoms with van der Waals surface area (Å²) < 4.78 is 5.63. The lowest BCUT2D eigenvalue weighted by Gasteiger charge is -2.41. The fraction of sp³-hybridized carbons (Fsp3) is 0.571. The number of hydrogen-bond donors (Lipinski definition) is 3.